The second kappa shape index (κ2) is 5.13. The fourth-order valence-electron chi connectivity index (χ4n) is 2.34. The lowest BCUT2D eigenvalue weighted by Crippen LogP contribution is -2.45. The molecule has 0 spiro atoms. The second-order valence-electron chi connectivity index (χ2n) is 5.22. The molecule has 1 aliphatic rings. The maximum Gasteiger partial charge on any atom is 0.00389 e. The van der Waals surface area contributed by atoms with Crippen LogP contribution in [0.1, 0.15) is 40.5 Å². The van der Waals surface area contributed by atoms with Gasteiger partial charge in [-0.25, -0.2) is 0 Å². The van der Waals surface area contributed by atoms with Gasteiger partial charge >= 0.3 is 0 Å². The first-order chi connectivity index (χ1) is 6.57. The van der Waals surface area contributed by atoms with Gasteiger partial charge in [0.05, 0.1) is 0 Å². The standard InChI is InChI=1S/C12H26N2/c1-5-14(11(2)3)10-12(4)6-8-13-9-7-12/h11,13H,5-10H2,1-4H3. The lowest BCUT2D eigenvalue weighted by atomic mass is 9.80. The molecule has 0 bridgehead atoms. The van der Waals surface area contributed by atoms with Crippen LogP contribution in [-0.2, 0) is 0 Å². The van der Waals surface area contributed by atoms with Crippen molar-refractivity contribution >= 4 is 0 Å². The Labute approximate surface area is 89.1 Å². The molecule has 1 N–H and O–H groups in total. The van der Waals surface area contributed by atoms with Crippen molar-refractivity contribution in [3.63, 3.8) is 0 Å². The molecule has 0 unspecified atom stereocenters. The molecule has 0 aliphatic carbocycles. The van der Waals surface area contributed by atoms with Gasteiger partial charge in [0.25, 0.3) is 0 Å². The summed E-state index contributed by atoms with van der Waals surface area (Å²) in [6, 6.07) is 0.687. The second-order valence-corrected chi connectivity index (χ2v) is 5.22. The average molecular weight is 198 g/mol. The zero-order valence-electron chi connectivity index (χ0n) is 10.3. The summed E-state index contributed by atoms with van der Waals surface area (Å²) < 4.78 is 0. The van der Waals surface area contributed by atoms with Crippen LogP contribution in [0.25, 0.3) is 0 Å². The first kappa shape index (κ1) is 12.0. The molecule has 0 aromatic carbocycles. The van der Waals surface area contributed by atoms with Crippen molar-refractivity contribution in [1.29, 1.82) is 0 Å². The predicted octanol–water partition coefficient (Wildman–Crippen LogP) is 2.11. The third-order valence-electron chi connectivity index (χ3n) is 3.53. The number of piperidine rings is 1. The van der Waals surface area contributed by atoms with Crippen molar-refractivity contribution in [3.8, 4) is 0 Å². The van der Waals surface area contributed by atoms with Gasteiger partial charge in [-0.3, -0.25) is 0 Å². The average Bonchev–Trinajstić information content (AvgIpc) is 2.15. The van der Waals surface area contributed by atoms with E-state index in [1.807, 2.05) is 0 Å². The Balaban J connectivity index is 2.46. The normalized spacial score (nSPS) is 21.9. The highest BCUT2D eigenvalue weighted by molar-refractivity contribution is 4.84. The van der Waals surface area contributed by atoms with Crippen LogP contribution in [0.15, 0.2) is 0 Å². The number of nitrogens with zero attached hydrogens (tertiary/aromatic N) is 1. The van der Waals surface area contributed by atoms with Gasteiger partial charge in [-0.2, -0.15) is 0 Å². The molecule has 0 amide bonds. The van der Waals surface area contributed by atoms with Crippen molar-refractivity contribution in [3.05, 3.63) is 0 Å². The van der Waals surface area contributed by atoms with Crippen molar-refractivity contribution in [2.75, 3.05) is 26.2 Å². The van der Waals surface area contributed by atoms with Gasteiger partial charge in [0.1, 0.15) is 0 Å². The molecule has 1 saturated heterocycles. The van der Waals surface area contributed by atoms with Gasteiger partial charge in [0.15, 0.2) is 0 Å². The molecule has 0 aromatic heterocycles. The molecule has 1 aliphatic heterocycles. The highest BCUT2D eigenvalue weighted by Gasteiger charge is 2.29. The molecule has 1 rings (SSSR count). The third-order valence-corrected chi connectivity index (χ3v) is 3.53. The Morgan fingerprint density at radius 1 is 1.29 bits per heavy atom. The van der Waals surface area contributed by atoms with E-state index in [0.717, 1.165) is 0 Å². The van der Waals surface area contributed by atoms with Crippen LogP contribution in [-0.4, -0.2) is 37.1 Å². The monoisotopic (exact) mass is 198 g/mol. The van der Waals surface area contributed by atoms with E-state index in [9.17, 15) is 0 Å². The summed E-state index contributed by atoms with van der Waals surface area (Å²) in [7, 11) is 0. The number of rotatable bonds is 4. The van der Waals surface area contributed by atoms with E-state index in [1.54, 1.807) is 0 Å². The van der Waals surface area contributed by atoms with Crippen LogP contribution in [0.5, 0.6) is 0 Å². The SMILES string of the molecule is CCN(CC1(C)CCNCC1)C(C)C. The first-order valence-corrected chi connectivity index (χ1v) is 6.02. The molecule has 84 valence electrons. The van der Waals surface area contributed by atoms with Gasteiger partial charge in [-0.1, -0.05) is 13.8 Å². The maximum absolute atomic E-state index is 3.44. The van der Waals surface area contributed by atoms with Crippen molar-refractivity contribution < 1.29 is 0 Å². The number of hydrogen-bond acceptors (Lipinski definition) is 2. The highest BCUT2D eigenvalue weighted by Crippen LogP contribution is 2.29. The fraction of sp³-hybridized carbons (Fsp3) is 1.00. The summed E-state index contributed by atoms with van der Waals surface area (Å²) in [6.07, 6.45) is 2.66. The lowest BCUT2D eigenvalue weighted by molar-refractivity contribution is 0.110. The van der Waals surface area contributed by atoms with E-state index < -0.39 is 0 Å². The zero-order valence-corrected chi connectivity index (χ0v) is 10.3. The molecule has 0 radical (unpaired) electrons. The van der Waals surface area contributed by atoms with Crippen LogP contribution in [0.4, 0.5) is 0 Å². The topological polar surface area (TPSA) is 15.3 Å². The minimum atomic E-state index is 0.547. The molecule has 2 nitrogen and oxygen atoms in total. The summed E-state index contributed by atoms with van der Waals surface area (Å²) in [5, 5.41) is 3.44. The Hall–Kier alpha value is -0.0800. The highest BCUT2D eigenvalue weighted by atomic mass is 15.1. The van der Waals surface area contributed by atoms with Crippen molar-refractivity contribution in [1.82, 2.24) is 10.2 Å². The number of nitrogens with one attached hydrogen (secondary N) is 1. The molecule has 1 fully saturated rings. The molecular formula is C12H26N2. The Morgan fingerprint density at radius 3 is 2.29 bits per heavy atom. The van der Waals surface area contributed by atoms with Crippen molar-refractivity contribution in [2.24, 2.45) is 5.41 Å². The summed E-state index contributed by atoms with van der Waals surface area (Å²) >= 11 is 0. The van der Waals surface area contributed by atoms with E-state index in [4.69, 9.17) is 0 Å². The van der Waals surface area contributed by atoms with E-state index >= 15 is 0 Å². The van der Waals surface area contributed by atoms with Gasteiger partial charge in [0, 0.05) is 12.6 Å². The number of hydrogen-bond donors (Lipinski definition) is 1. The van der Waals surface area contributed by atoms with Gasteiger partial charge in [-0.05, 0) is 51.7 Å². The smallest absolute Gasteiger partial charge is 0.00389 e. The summed E-state index contributed by atoms with van der Waals surface area (Å²) in [4.78, 5) is 2.59. The minimum Gasteiger partial charge on any atom is -0.317 e. The Morgan fingerprint density at radius 2 is 1.86 bits per heavy atom. The van der Waals surface area contributed by atoms with E-state index in [1.165, 1.54) is 39.0 Å². The molecule has 0 saturated carbocycles. The molecule has 0 aromatic rings. The molecule has 0 atom stereocenters. The third kappa shape index (κ3) is 3.25. The van der Waals surface area contributed by atoms with Gasteiger partial charge in [-0.15, -0.1) is 0 Å². The van der Waals surface area contributed by atoms with Crippen LogP contribution in [0.3, 0.4) is 0 Å². The zero-order chi connectivity index (χ0) is 10.6. The van der Waals surface area contributed by atoms with Crippen LogP contribution >= 0.6 is 0 Å². The fourth-order valence-corrected chi connectivity index (χ4v) is 2.34. The molecule has 2 heteroatoms. The molecule has 14 heavy (non-hydrogen) atoms. The van der Waals surface area contributed by atoms with Gasteiger partial charge in [0.2, 0.25) is 0 Å². The van der Waals surface area contributed by atoms with E-state index in [2.05, 4.69) is 37.9 Å². The van der Waals surface area contributed by atoms with Gasteiger partial charge < -0.3 is 10.2 Å². The molecular weight excluding hydrogens is 172 g/mol. The Kier molecular flexibility index (Phi) is 4.39. The quantitative estimate of drug-likeness (QED) is 0.744. The summed E-state index contributed by atoms with van der Waals surface area (Å²) in [6.45, 7) is 14.2. The van der Waals surface area contributed by atoms with Crippen molar-refractivity contribution in [2.45, 2.75) is 46.6 Å². The predicted molar refractivity (Wildman–Crippen MR) is 62.6 cm³/mol. The first-order valence-electron chi connectivity index (χ1n) is 6.02. The lowest BCUT2D eigenvalue weighted by Gasteiger charge is -2.39. The van der Waals surface area contributed by atoms with E-state index in [-0.39, 0.29) is 0 Å². The van der Waals surface area contributed by atoms with Crippen LogP contribution in [0, 0.1) is 5.41 Å². The van der Waals surface area contributed by atoms with E-state index in [0.29, 0.717) is 11.5 Å². The maximum atomic E-state index is 3.44. The minimum absolute atomic E-state index is 0.547. The summed E-state index contributed by atoms with van der Waals surface area (Å²) in [5.41, 5.74) is 0.547. The van der Waals surface area contributed by atoms with Crippen LogP contribution in [0.2, 0.25) is 0 Å². The summed E-state index contributed by atoms with van der Waals surface area (Å²) in [5.74, 6) is 0. The largest absolute Gasteiger partial charge is 0.317 e. The molecule has 1 heterocycles. The van der Waals surface area contributed by atoms with Crippen LogP contribution < -0.4 is 5.32 Å². The Bertz CT molecular complexity index is 160.